The number of H-pyrrole nitrogens is 1. The Kier molecular flexibility index (Phi) is 3.72. The number of nitrogens with zero attached hydrogens (tertiary/aromatic N) is 1. The zero-order valence-electron chi connectivity index (χ0n) is 10.8. The highest BCUT2D eigenvalue weighted by atomic mass is 16.3. The van der Waals surface area contributed by atoms with E-state index in [9.17, 15) is 0 Å². The van der Waals surface area contributed by atoms with Gasteiger partial charge in [0.15, 0.2) is 0 Å². The highest BCUT2D eigenvalue weighted by Gasteiger charge is 2.14. The van der Waals surface area contributed by atoms with Crippen LogP contribution in [0.15, 0.2) is 18.2 Å². The number of nitrogens with two attached hydrogens (primary N) is 1. The second-order valence-corrected chi connectivity index (χ2v) is 4.87. The number of imidazole rings is 1. The highest BCUT2D eigenvalue weighted by molar-refractivity contribution is 5.80. The maximum atomic E-state index is 9.05. The first kappa shape index (κ1) is 12.7. The van der Waals surface area contributed by atoms with Gasteiger partial charge in [0.25, 0.3) is 0 Å². The fourth-order valence-corrected chi connectivity index (χ4v) is 1.98. The summed E-state index contributed by atoms with van der Waals surface area (Å²) < 4.78 is 0. The van der Waals surface area contributed by atoms with Gasteiger partial charge in [0.2, 0.25) is 5.95 Å². The molecule has 0 saturated heterocycles. The van der Waals surface area contributed by atoms with Gasteiger partial charge in [-0.05, 0) is 30.5 Å². The van der Waals surface area contributed by atoms with Crippen molar-refractivity contribution in [3.05, 3.63) is 18.2 Å². The Balaban J connectivity index is 2.20. The molecule has 0 bridgehead atoms. The third-order valence-corrected chi connectivity index (χ3v) is 3.07. The summed E-state index contributed by atoms with van der Waals surface area (Å²) in [6, 6.07) is 5.79. The molecular weight excluding hydrogens is 228 g/mol. The molecule has 1 aromatic carbocycles. The standard InChI is InChI=1S/C13H20N4O/c1-8(2)10(5-6-18)15-13-16-11-4-3-9(14)7-12(11)17-13/h3-4,7-8,10,18H,5-6,14H2,1-2H3,(H2,15,16,17). The molecular formula is C13H20N4O. The molecule has 1 atom stereocenters. The van der Waals surface area contributed by atoms with Gasteiger partial charge in [0.1, 0.15) is 0 Å². The molecule has 1 aromatic heterocycles. The Labute approximate surface area is 106 Å². The molecule has 1 unspecified atom stereocenters. The molecule has 2 rings (SSSR count). The lowest BCUT2D eigenvalue weighted by Crippen LogP contribution is -2.27. The Morgan fingerprint density at radius 3 is 2.89 bits per heavy atom. The first-order valence-corrected chi connectivity index (χ1v) is 6.23. The van der Waals surface area contributed by atoms with Gasteiger partial charge >= 0.3 is 0 Å². The molecule has 0 radical (unpaired) electrons. The van der Waals surface area contributed by atoms with E-state index in [0.29, 0.717) is 18.0 Å². The van der Waals surface area contributed by atoms with Gasteiger partial charge in [-0.1, -0.05) is 13.8 Å². The summed E-state index contributed by atoms with van der Waals surface area (Å²) >= 11 is 0. The first-order valence-electron chi connectivity index (χ1n) is 6.23. The zero-order valence-corrected chi connectivity index (χ0v) is 10.8. The van der Waals surface area contributed by atoms with Gasteiger partial charge in [-0.15, -0.1) is 0 Å². The Hall–Kier alpha value is -1.75. The van der Waals surface area contributed by atoms with Crippen LogP contribution in [-0.2, 0) is 0 Å². The SMILES string of the molecule is CC(C)C(CCO)Nc1nc2ccc(N)cc2[nH]1. The van der Waals surface area contributed by atoms with E-state index in [1.165, 1.54) is 0 Å². The number of hydrogen-bond acceptors (Lipinski definition) is 4. The minimum absolute atomic E-state index is 0.170. The maximum absolute atomic E-state index is 9.05. The lowest BCUT2D eigenvalue weighted by Gasteiger charge is -2.20. The molecule has 0 aliphatic rings. The predicted octanol–water partition coefficient (Wildman–Crippen LogP) is 1.96. The number of hydrogen-bond donors (Lipinski definition) is 4. The fraction of sp³-hybridized carbons (Fsp3) is 0.462. The van der Waals surface area contributed by atoms with Gasteiger partial charge in [0.05, 0.1) is 11.0 Å². The van der Waals surface area contributed by atoms with Crippen LogP contribution < -0.4 is 11.1 Å². The topological polar surface area (TPSA) is 87.0 Å². The largest absolute Gasteiger partial charge is 0.399 e. The molecule has 5 nitrogen and oxygen atoms in total. The fourth-order valence-electron chi connectivity index (χ4n) is 1.98. The van der Waals surface area contributed by atoms with Gasteiger partial charge in [-0.2, -0.15) is 0 Å². The van der Waals surface area contributed by atoms with Crippen molar-refractivity contribution in [1.29, 1.82) is 0 Å². The normalized spacial score (nSPS) is 13.1. The second-order valence-electron chi connectivity index (χ2n) is 4.87. The van der Waals surface area contributed by atoms with Gasteiger partial charge in [-0.25, -0.2) is 4.98 Å². The average molecular weight is 248 g/mol. The van der Waals surface area contributed by atoms with Gasteiger partial charge < -0.3 is 21.1 Å². The van der Waals surface area contributed by atoms with Gasteiger partial charge in [0, 0.05) is 18.3 Å². The quantitative estimate of drug-likeness (QED) is 0.609. The average Bonchev–Trinajstić information content (AvgIpc) is 2.69. The first-order chi connectivity index (χ1) is 8.60. The number of aliphatic hydroxyl groups excluding tert-OH is 1. The summed E-state index contributed by atoms with van der Waals surface area (Å²) in [5.41, 5.74) is 8.25. The molecule has 0 aliphatic carbocycles. The summed E-state index contributed by atoms with van der Waals surface area (Å²) in [6.07, 6.45) is 0.705. The third-order valence-electron chi connectivity index (χ3n) is 3.07. The van der Waals surface area contributed by atoms with Crippen LogP contribution in [0, 0.1) is 5.92 Å². The van der Waals surface area contributed by atoms with Crippen LogP contribution in [0.2, 0.25) is 0 Å². The van der Waals surface area contributed by atoms with Crippen LogP contribution in [0.5, 0.6) is 0 Å². The van der Waals surface area contributed by atoms with E-state index in [1.54, 1.807) is 0 Å². The van der Waals surface area contributed by atoms with E-state index in [-0.39, 0.29) is 12.6 Å². The number of anilines is 2. The van der Waals surface area contributed by atoms with Crippen molar-refractivity contribution >= 4 is 22.7 Å². The second kappa shape index (κ2) is 5.27. The van der Waals surface area contributed by atoms with Crippen LogP contribution in [0.25, 0.3) is 11.0 Å². The van der Waals surface area contributed by atoms with Crippen molar-refractivity contribution in [1.82, 2.24) is 9.97 Å². The minimum Gasteiger partial charge on any atom is -0.399 e. The molecule has 2 aromatic rings. The number of nitrogen functional groups attached to an aromatic ring is 1. The molecule has 5 heteroatoms. The molecule has 0 fully saturated rings. The van der Waals surface area contributed by atoms with Crippen molar-refractivity contribution in [2.75, 3.05) is 17.7 Å². The monoisotopic (exact) mass is 248 g/mol. The molecule has 0 spiro atoms. The number of nitrogens with one attached hydrogen (secondary N) is 2. The zero-order chi connectivity index (χ0) is 13.1. The Bertz CT molecular complexity index is 521. The molecule has 98 valence electrons. The van der Waals surface area contributed by atoms with E-state index in [2.05, 4.69) is 29.1 Å². The number of aromatic nitrogens is 2. The van der Waals surface area contributed by atoms with Crippen LogP contribution in [0.4, 0.5) is 11.6 Å². The van der Waals surface area contributed by atoms with Crippen molar-refractivity contribution in [3.63, 3.8) is 0 Å². The number of aromatic amines is 1. The van der Waals surface area contributed by atoms with E-state index in [1.807, 2.05) is 18.2 Å². The van der Waals surface area contributed by atoms with Crippen molar-refractivity contribution < 1.29 is 5.11 Å². The minimum atomic E-state index is 0.170. The lowest BCUT2D eigenvalue weighted by molar-refractivity contribution is 0.267. The summed E-state index contributed by atoms with van der Waals surface area (Å²) in [5, 5.41) is 12.4. The molecule has 1 heterocycles. The van der Waals surface area contributed by atoms with Gasteiger partial charge in [-0.3, -0.25) is 0 Å². The third kappa shape index (κ3) is 2.73. The Morgan fingerprint density at radius 2 is 2.22 bits per heavy atom. The number of rotatable bonds is 5. The molecule has 18 heavy (non-hydrogen) atoms. The molecule has 5 N–H and O–H groups in total. The van der Waals surface area contributed by atoms with E-state index in [0.717, 1.165) is 17.0 Å². The lowest BCUT2D eigenvalue weighted by atomic mass is 10.0. The summed E-state index contributed by atoms with van der Waals surface area (Å²) in [6.45, 7) is 4.41. The predicted molar refractivity (Wildman–Crippen MR) is 74.5 cm³/mol. The smallest absolute Gasteiger partial charge is 0.201 e. The number of aliphatic hydroxyl groups is 1. The highest BCUT2D eigenvalue weighted by Crippen LogP contribution is 2.19. The summed E-state index contributed by atoms with van der Waals surface area (Å²) in [7, 11) is 0. The molecule has 0 amide bonds. The van der Waals surface area contributed by atoms with Crippen LogP contribution >= 0.6 is 0 Å². The maximum Gasteiger partial charge on any atom is 0.201 e. The number of benzene rings is 1. The van der Waals surface area contributed by atoms with E-state index < -0.39 is 0 Å². The Morgan fingerprint density at radius 1 is 1.44 bits per heavy atom. The summed E-state index contributed by atoms with van der Waals surface area (Å²) in [4.78, 5) is 7.65. The van der Waals surface area contributed by atoms with Crippen LogP contribution in [-0.4, -0.2) is 27.7 Å². The van der Waals surface area contributed by atoms with E-state index >= 15 is 0 Å². The van der Waals surface area contributed by atoms with Crippen molar-refractivity contribution in [2.24, 2.45) is 5.92 Å². The molecule has 0 saturated carbocycles. The molecule has 0 aliphatic heterocycles. The van der Waals surface area contributed by atoms with Crippen molar-refractivity contribution in [3.8, 4) is 0 Å². The van der Waals surface area contributed by atoms with Crippen LogP contribution in [0.3, 0.4) is 0 Å². The van der Waals surface area contributed by atoms with E-state index in [4.69, 9.17) is 10.8 Å². The summed E-state index contributed by atoms with van der Waals surface area (Å²) in [5.74, 6) is 1.15. The van der Waals surface area contributed by atoms with Crippen LogP contribution in [0.1, 0.15) is 20.3 Å². The number of fused-ring (bicyclic) bond motifs is 1. The van der Waals surface area contributed by atoms with Crippen molar-refractivity contribution in [2.45, 2.75) is 26.3 Å².